The van der Waals surface area contributed by atoms with E-state index in [4.69, 9.17) is 0 Å². The lowest BCUT2D eigenvalue weighted by molar-refractivity contribution is -0.116. The lowest BCUT2D eigenvalue weighted by atomic mass is 9.90. The van der Waals surface area contributed by atoms with E-state index in [9.17, 15) is 14.7 Å². The summed E-state index contributed by atoms with van der Waals surface area (Å²) in [4.78, 5) is 32.8. The van der Waals surface area contributed by atoms with Crippen molar-refractivity contribution in [3.05, 3.63) is 58.5 Å². The van der Waals surface area contributed by atoms with Gasteiger partial charge in [-0.3, -0.25) is 9.59 Å². The Hall–Kier alpha value is -3.16. The number of carbonyl (C=O) groups is 2. The second-order valence-electron chi connectivity index (χ2n) is 8.63. The molecular formula is C24H28N4O3. The summed E-state index contributed by atoms with van der Waals surface area (Å²) in [6.07, 6.45) is 6.67. The van der Waals surface area contributed by atoms with E-state index in [0.717, 1.165) is 35.0 Å². The number of hydrogen-bond donors (Lipinski definition) is 3. The topological polar surface area (TPSA) is 88.7 Å². The van der Waals surface area contributed by atoms with Crippen molar-refractivity contribution in [2.24, 2.45) is 0 Å². The van der Waals surface area contributed by atoms with Gasteiger partial charge >= 0.3 is 0 Å². The molecule has 0 unspecified atom stereocenters. The van der Waals surface area contributed by atoms with Crippen LogP contribution in [0, 0.1) is 0 Å². The molecule has 1 aromatic heterocycles. The number of aromatic amines is 1. The Labute approximate surface area is 181 Å². The molecule has 0 spiro atoms. The molecule has 0 radical (unpaired) electrons. The average molecular weight is 421 g/mol. The van der Waals surface area contributed by atoms with Gasteiger partial charge in [0.05, 0.1) is 16.8 Å². The minimum Gasteiger partial charge on any atom is -0.507 e. The zero-order valence-electron chi connectivity index (χ0n) is 18.4. The van der Waals surface area contributed by atoms with E-state index >= 15 is 0 Å². The number of amides is 1. The number of nitrogens with zero attached hydrogens (tertiary/aromatic N) is 2. The predicted octanol–water partition coefficient (Wildman–Crippen LogP) is 2.21. The normalized spacial score (nSPS) is 16.3. The van der Waals surface area contributed by atoms with Gasteiger partial charge in [0, 0.05) is 35.8 Å². The van der Waals surface area contributed by atoms with Crippen molar-refractivity contribution >= 4 is 28.2 Å². The van der Waals surface area contributed by atoms with Crippen LogP contribution < -0.4 is 5.32 Å². The fourth-order valence-electron chi connectivity index (χ4n) is 4.15. The predicted molar refractivity (Wildman–Crippen MR) is 122 cm³/mol. The molecule has 4 rings (SSSR count). The lowest BCUT2D eigenvalue weighted by Crippen LogP contribution is -2.20. The zero-order valence-corrected chi connectivity index (χ0v) is 18.4. The van der Waals surface area contributed by atoms with E-state index in [-0.39, 0.29) is 17.4 Å². The minimum absolute atomic E-state index is 0.166. The zero-order chi connectivity index (χ0) is 22.3. The fraction of sp³-hybridized carbons (Fsp3) is 0.333. The summed E-state index contributed by atoms with van der Waals surface area (Å²) < 4.78 is 0. The minimum atomic E-state index is -0.201. The van der Waals surface area contributed by atoms with Crippen molar-refractivity contribution in [2.45, 2.75) is 12.8 Å². The Bertz CT molecular complexity index is 1160. The molecule has 7 nitrogen and oxygen atoms in total. The Morgan fingerprint density at radius 3 is 2.39 bits per heavy atom. The van der Waals surface area contributed by atoms with Crippen molar-refractivity contribution in [1.29, 1.82) is 0 Å². The number of aromatic nitrogens is 1. The van der Waals surface area contributed by atoms with Crippen LogP contribution in [0.3, 0.4) is 0 Å². The molecule has 1 amide bonds. The first-order valence-electron chi connectivity index (χ1n) is 10.4. The average Bonchev–Trinajstić information content (AvgIpc) is 3.26. The maximum Gasteiger partial charge on any atom is 0.252 e. The number of aromatic hydroxyl groups is 1. The van der Waals surface area contributed by atoms with E-state index in [2.05, 4.69) is 15.2 Å². The molecule has 1 aliphatic carbocycles. The van der Waals surface area contributed by atoms with Gasteiger partial charge in [0.2, 0.25) is 0 Å². The van der Waals surface area contributed by atoms with Gasteiger partial charge in [0.1, 0.15) is 5.75 Å². The molecule has 2 aliphatic rings. The molecule has 0 bridgehead atoms. The molecule has 3 N–H and O–H groups in total. The van der Waals surface area contributed by atoms with Gasteiger partial charge in [-0.05, 0) is 76.5 Å². The number of rotatable bonds is 7. The van der Waals surface area contributed by atoms with Crippen molar-refractivity contribution in [1.82, 2.24) is 20.1 Å². The Balaban J connectivity index is 1.73. The highest BCUT2D eigenvalue weighted by Gasteiger charge is 2.33. The molecule has 1 aliphatic heterocycles. The molecule has 162 valence electrons. The van der Waals surface area contributed by atoms with Gasteiger partial charge in [-0.1, -0.05) is 0 Å². The monoisotopic (exact) mass is 420 g/mol. The number of hydrogen-bond acceptors (Lipinski definition) is 5. The summed E-state index contributed by atoms with van der Waals surface area (Å²) in [6.45, 7) is 1.55. The first kappa shape index (κ1) is 21.1. The Morgan fingerprint density at radius 2 is 1.68 bits per heavy atom. The van der Waals surface area contributed by atoms with Crippen LogP contribution in [0.15, 0.2) is 47.3 Å². The van der Waals surface area contributed by atoms with Crippen LogP contribution in [0.2, 0.25) is 0 Å². The maximum atomic E-state index is 13.0. The largest absolute Gasteiger partial charge is 0.507 e. The number of ketones is 1. The molecule has 7 heteroatoms. The molecule has 0 saturated heterocycles. The molecule has 2 heterocycles. The van der Waals surface area contributed by atoms with Crippen LogP contribution in [-0.2, 0) is 16.0 Å². The molecule has 0 fully saturated rings. The molecule has 1 aromatic carbocycles. The van der Waals surface area contributed by atoms with Crippen molar-refractivity contribution < 1.29 is 14.7 Å². The van der Waals surface area contributed by atoms with Crippen LogP contribution in [0.1, 0.15) is 17.5 Å². The van der Waals surface area contributed by atoms with Crippen LogP contribution >= 0.6 is 0 Å². The number of phenols is 1. The quantitative estimate of drug-likeness (QED) is 0.639. The highest BCUT2D eigenvalue weighted by molar-refractivity contribution is 6.22. The van der Waals surface area contributed by atoms with Crippen LogP contribution in [0.25, 0.3) is 16.5 Å². The van der Waals surface area contributed by atoms with E-state index in [1.807, 2.05) is 45.4 Å². The van der Waals surface area contributed by atoms with Gasteiger partial charge < -0.3 is 25.2 Å². The molecule has 0 atom stereocenters. The number of phenolic OH excluding ortho intramolecular Hbond substituents is 1. The molecule has 31 heavy (non-hydrogen) atoms. The molecule has 2 aromatic rings. The van der Waals surface area contributed by atoms with Crippen LogP contribution in [-0.4, -0.2) is 72.9 Å². The highest BCUT2D eigenvalue weighted by atomic mass is 16.3. The summed E-state index contributed by atoms with van der Waals surface area (Å²) in [5, 5.41) is 14.1. The van der Waals surface area contributed by atoms with Gasteiger partial charge in [0.25, 0.3) is 5.91 Å². The smallest absolute Gasteiger partial charge is 0.252 e. The van der Waals surface area contributed by atoms with Crippen LogP contribution in [0.4, 0.5) is 0 Å². The summed E-state index contributed by atoms with van der Waals surface area (Å²) in [5.41, 5.74) is 4.92. The van der Waals surface area contributed by atoms with Gasteiger partial charge in [-0.2, -0.15) is 0 Å². The third-order valence-electron chi connectivity index (χ3n) is 5.77. The number of carbonyl (C=O) groups excluding carboxylic acids is 2. The van der Waals surface area contributed by atoms with Gasteiger partial charge in [-0.25, -0.2) is 0 Å². The standard InChI is InChI=1S/C24H28N4O3/c1-27(2)9-7-14-13-25-23-16(5-6-19(29)21(14)23)15-11-18-22(20(30)12-15)17(24(31)26-18)8-10-28(3)4/h5-6,11-13,25,29H,7-10H2,1-4H3,(H,26,31). The summed E-state index contributed by atoms with van der Waals surface area (Å²) >= 11 is 0. The number of fused-ring (bicyclic) bond motifs is 2. The second kappa shape index (κ2) is 8.17. The van der Waals surface area contributed by atoms with Crippen molar-refractivity contribution in [2.75, 3.05) is 41.3 Å². The SMILES string of the molecule is CN(C)CCC1=C2C(=O)C=C(c3ccc(O)c4c(CCN(C)C)c[nH]c34)C=C2NC1=O. The number of likely N-dealkylation sites (N-methyl/N-ethyl adjacent to an activating group) is 1. The van der Waals surface area contributed by atoms with E-state index in [0.29, 0.717) is 35.4 Å². The van der Waals surface area contributed by atoms with Gasteiger partial charge in [0.15, 0.2) is 5.78 Å². The summed E-state index contributed by atoms with van der Waals surface area (Å²) in [5.74, 6) is -0.155. The van der Waals surface area contributed by atoms with Crippen LogP contribution in [0.5, 0.6) is 5.75 Å². The number of allylic oxidation sites excluding steroid dienone is 4. The second-order valence-corrected chi connectivity index (χ2v) is 8.63. The summed E-state index contributed by atoms with van der Waals surface area (Å²) in [6, 6.07) is 3.47. The van der Waals surface area contributed by atoms with E-state index in [1.54, 1.807) is 18.2 Å². The van der Waals surface area contributed by atoms with Gasteiger partial charge in [-0.15, -0.1) is 0 Å². The van der Waals surface area contributed by atoms with E-state index < -0.39 is 0 Å². The highest BCUT2D eigenvalue weighted by Crippen LogP contribution is 2.38. The Kier molecular flexibility index (Phi) is 5.56. The number of nitrogens with one attached hydrogen (secondary N) is 2. The first-order chi connectivity index (χ1) is 14.8. The number of H-pyrrole nitrogens is 1. The first-order valence-corrected chi connectivity index (χ1v) is 10.4. The van der Waals surface area contributed by atoms with Crippen molar-refractivity contribution in [3.8, 4) is 5.75 Å². The molecular weight excluding hydrogens is 392 g/mol. The lowest BCUT2D eigenvalue weighted by Gasteiger charge is -2.14. The maximum absolute atomic E-state index is 13.0. The third-order valence-corrected chi connectivity index (χ3v) is 5.77. The number of benzene rings is 1. The third kappa shape index (κ3) is 3.94. The van der Waals surface area contributed by atoms with E-state index in [1.165, 1.54) is 0 Å². The fourth-order valence-corrected chi connectivity index (χ4v) is 4.15. The Morgan fingerprint density at radius 1 is 0.968 bits per heavy atom. The molecule has 0 saturated carbocycles. The summed E-state index contributed by atoms with van der Waals surface area (Å²) in [7, 11) is 7.90. The van der Waals surface area contributed by atoms with Crippen molar-refractivity contribution in [3.63, 3.8) is 0 Å².